The fourth-order valence-corrected chi connectivity index (χ4v) is 3.95. The predicted molar refractivity (Wildman–Crippen MR) is 100 cm³/mol. The average molecular weight is 427 g/mol. The van der Waals surface area contributed by atoms with E-state index in [0.29, 0.717) is 0 Å². The molecule has 1 aliphatic rings. The van der Waals surface area contributed by atoms with Crippen molar-refractivity contribution in [3.8, 4) is 11.3 Å². The lowest BCUT2D eigenvalue weighted by Gasteiger charge is -2.27. The van der Waals surface area contributed by atoms with Crippen LogP contribution in [0.4, 0.5) is 9.18 Å². The number of hydrogen-bond donors (Lipinski definition) is 0. The summed E-state index contributed by atoms with van der Waals surface area (Å²) in [6.07, 6.45) is -1.29. The fraction of sp³-hybridized carbons (Fsp3) is 0.444. The lowest BCUT2D eigenvalue weighted by Crippen LogP contribution is -2.36. The highest BCUT2D eigenvalue weighted by atomic mass is 79.9. The second kappa shape index (κ2) is 7.03. The molecule has 25 heavy (non-hydrogen) atoms. The summed E-state index contributed by atoms with van der Waals surface area (Å²) in [6.45, 7) is 5.46. The summed E-state index contributed by atoms with van der Waals surface area (Å²) in [5, 5.41) is 2.68. The third kappa shape index (κ3) is 4.39. The van der Waals surface area contributed by atoms with Crippen molar-refractivity contribution >= 4 is 33.4 Å². The van der Waals surface area contributed by atoms with Gasteiger partial charge in [-0.1, -0.05) is 28.1 Å². The number of ether oxygens (including phenoxy) is 1. The number of rotatable bonds is 2. The maximum Gasteiger partial charge on any atom is 0.410 e. The third-order valence-corrected chi connectivity index (χ3v) is 5.30. The molecule has 4 nitrogen and oxygen atoms in total. The number of alkyl halides is 1. The predicted octanol–water partition coefficient (Wildman–Crippen LogP) is 5.59. The van der Waals surface area contributed by atoms with Crippen molar-refractivity contribution < 1.29 is 13.9 Å². The zero-order chi connectivity index (χ0) is 18.2. The molecule has 3 rings (SSSR count). The summed E-state index contributed by atoms with van der Waals surface area (Å²) in [6, 6.07) is 7.48. The van der Waals surface area contributed by atoms with E-state index >= 15 is 0 Å². The van der Waals surface area contributed by atoms with E-state index in [9.17, 15) is 9.18 Å². The Kier molecular flexibility index (Phi) is 5.16. The summed E-state index contributed by atoms with van der Waals surface area (Å²) < 4.78 is 20.4. The van der Waals surface area contributed by atoms with Crippen LogP contribution < -0.4 is 0 Å². The van der Waals surface area contributed by atoms with Crippen molar-refractivity contribution in [2.45, 2.75) is 45.0 Å². The largest absolute Gasteiger partial charge is 0.444 e. The molecule has 0 unspecified atom stereocenters. The van der Waals surface area contributed by atoms with E-state index < -0.39 is 17.9 Å². The van der Waals surface area contributed by atoms with E-state index in [0.717, 1.165) is 20.7 Å². The topological polar surface area (TPSA) is 42.4 Å². The van der Waals surface area contributed by atoms with Crippen molar-refractivity contribution in [2.24, 2.45) is 0 Å². The van der Waals surface area contributed by atoms with E-state index in [1.165, 1.54) is 16.2 Å². The molecule has 0 spiro atoms. The minimum Gasteiger partial charge on any atom is -0.444 e. The number of nitrogens with zero attached hydrogens (tertiary/aromatic N) is 2. The Morgan fingerprint density at radius 2 is 2.04 bits per heavy atom. The molecule has 1 aliphatic heterocycles. The Morgan fingerprint density at radius 3 is 2.68 bits per heavy atom. The summed E-state index contributed by atoms with van der Waals surface area (Å²) in [5.41, 5.74) is 1.21. The maximum atomic E-state index is 14.0. The van der Waals surface area contributed by atoms with E-state index in [2.05, 4.69) is 20.9 Å². The second-order valence-corrected chi connectivity index (χ2v) is 8.86. The quantitative estimate of drug-likeness (QED) is 0.627. The lowest BCUT2D eigenvalue weighted by atomic mass is 10.2. The van der Waals surface area contributed by atoms with Gasteiger partial charge in [-0.3, -0.25) is 4.90 Å². The number of halogens is 2. The molecule has 7 heteroatoms. The van der Waals surface area contributed by atoms with Gasteiger partial charge in [-0.05, 0) is 32.9 Å². The molecule has 1 amide bonds. The van der Waals surface area contributed by atoms with Gasteiger partial charge in [-0.15, -0.1) is 11.3 Å². The molecule has 1 fully saturated rings. The minimum atomic E-state index is -1.06. The number of aromatic nitrogens is 1. The van der Waals surface area contributed by atoms with Gasteiger partial charge >= 0.3 is 6.09 Å². The first-order valence-corrected chi connectivity index (χ1v) is 9.75. The molecule has 2 atom stereocenters. The highest BCUT2D eigenvalue weighted by Gasteiger charge is 2.40. The van der Waals surface area contributed by atoms with Crippen LogP contribution in [0, 0.1) is 0 Å². The molecule has 2 aromatic rings. The Labute approximate surface area is 159 Å². The first-order chi connectivity index (χ1) is 11.7. The zero-order valence-electron chi connectivity index (χ0n) is 14.3. The van der Waals surface area contributed by atoms with Crippen LogP contribution in [0.3, 0.4) is 0 Å². The zero-order valence-corrected chi connectivity index (χ0v) is 16.7. The van der Waals surface area contributed by atoms with Crippen LogP contribution in [-0.2, 0) is 4.74 Å². The average Bonchev–Trinajstić information content (AvgIpc) is 3.12. The van der Waals surface area contributed by atoms with Crippen molar-refractivity contribution in [3.63, 3.8) is 0 Å². The number of carbonyl (C=O) groups excluding carboxylic acids is 1. The summed E-state index contributed by atoms with van der Waals surface area (Å²) in [7, 11) is 0. The van der Waals surface area contributed by atoms with Crippen molar-refractivity contribution in [1.82, 2.24) is 9.88 Å². The monoisotopic (exact) mass is 426 g/mol. The lowest BCUT2D eigenvalue weighted by molar-refractivity contribution is 0.0216. The van der Waals surface area contributed by atoms with Gasteiger partial charge in [-0.25, -0.2) is 14.2 Å². The van der Waals surface area contributed by atoms with E-state index in [-0.39, 0.29) is 19.0 Å². The van der Waals surface area contributed by atoms with Gasteiger partial charge in [0, 0.05) is 21.8 Å². The van der Waals surface area contributed by atoms with Crippen LogP contribution in [0.1, 0.15) is 38.2 Å². The fourth-order valence-electron chi connectivity index (χ4n) is 2.74. The molecule has 0 aliphatic carbocycles. The molecule has 134 valence electrons. The number of hydrogen-bond acceptors (Lipinski definition) is 4. The number of likely N-dealkylation sites (tertiary alicyclic amines) is 1. The number of benzene rings is 1. The molecular weight excluding hydrogens is 407 g/mol. The van der Waals surface area contributed by atoms with Crippen LogP contribution >= 0.6 is 27.3 Å². The van der Waals surface area contributed by atoms with Gasteiger partial charge < -0.3 is 4.74 Å². The maximum absolute atomic E-state index is 14.0. The van der Waals surface area contributed by atoms with Gasteiger partial charge in [0.2, 0.25) is 0 Å². The molecule has 1 aromatic carbocycles. The van der Waals surface area contributed by atoms with Gasteiger partial charge in [0.1, 0.15) is 16.8 Å². The highest BCUT2D eigenvalue weighted by Crippen LogP contribution is 2.37. The minimum absolute atomic E-state index is 0.0484. The van der Waals surface area contributed by atoms with E-state index in [1.807, 2.05) is 29.6 Å². The molecule has 1 saturated heterocycles. The van der Waals surface area contributed by atoms with E-state index in [4.69, 9.17) is 4.74 Å². The van der Waals surface area contributed by atoms with Crippen molar-refractivity contribution in [3.05, 3.63) is 39.1 Å². The van der Waals surface area contributed by atoms with E-state index in [1.54, 1.807) is 20.8 Å². The standard InChI is InChI=1S/C18H20BrFN2O2S/c1-18(2,3)24-17(23)22-9-13(20)8-15(22)16-21-14(10-25-16)11-4-6-12(19)7-5-11/h4-7,10,13,15H,8-9H2,1-3H3/t13-,15-/m0/s1. The van der Waals surface area contributed by atoms with Crippen molar-refractivity contribution in [1.29, 1.82) is 0 Å². The number of thiazole rings is 1. The van der Waals surface area contributed by atoms with Crippen LogP contribution in [0.5, 0.6) is 0 Å². The van der Waals surface area contributed by atoms with Crippen LogP contribution in [0.15, 0.2) is 34.1 Å². The van der Waals surface area contributed by atoms with Crippen LogP contribution in [-0.4, -0.2) is 34.3 Å². The van der Waals surface area contributed by atoms with Gasteiger partial charge in [0.15, 0.2) is 0 Å². The Hall–Kier alpha value is -1.47. The molecule has 0 N–H and O–H groups in total. The first kappa shape index (κ1) is 18.3. The molecular formula is C18H20BrFN2O2S. The van der Waals surface area contributed by atoms with Crippen LogP contribution in [0.25, 0.3) is 11.3 Å². The Balaban J connectivity index is 1.82. The number of carbonyl (C=O) groups is 1. The Bertz CT molecular complexity index is 757. The van der Waals surface area contributed by atoms with Crippen LogP contribution in [0.2, 0.25) is 0 Å². The first-order valence-electron chi connectivity index (χ1n) is 8.08. The molecule has 0 radical (unpaired) electrons. The Morgan fingerprint density at radius 1 is 1.36 bits per heavy atom. The summed E-state index contributed by atoms with van der Waals surface area (Å²) >= 11 is 4.86. The smallest absolute Gasteiger partial charge is 0.410 e. The molecule has 1 aromatic heterocycles. The summed E-state index contributed by atoms with van der Waals surface area (Å²) in [5.74, 6) is 0. The van der Waals surface area contributed by atoms with Gasteiger partial charge in [0.25, 0.3) is 0 Å². The number of amides is 1. The summed E-state index contributed by atoms with van der Waals surface area (Å²) in [4.78, 5) is 18.5. The highest BCUT2D eigenvalue weighted by molar-refractivity contribution is 9.10. The molecule has 0 bridgehead atoms. The second-order valence-electron chi connectivity index (χ2n) is 7.06. The SMILES string of the molecule is CC(C)(C)OC(=O)N1C[C@@H](F)C[C@H]1c1nc(-c2ccc(Br)cc2)cs1. The molecule has 0 saturated carbocycles. The van der Waals surface area contributed by atoms with Gasteiger partial charge in [0.05, 0.1) is 18.3 Å². The normalized spacial score (nSPS) is 20.8. The van der Waals surface area contributed by atoms with Crippen molar-refractivity contribution in [2.75, 3.05) is 6.54 Å². The third-order valence-electron chi connectivity index (χ3n) is 3.83. The molecule has 2 heterocycles. The van der Waals surface area contributed by atoms with Gasteiger partial charge in [-0.2, -0.15) is 0 Å².